The summed E-state index contributed by atoms with van der Waals surface area (Å²) in [5.74, 6) is 0. The second-order valence-electron chi connectivity index (χ2n) is 4.17. The molecule has 0 saturated carbocycles. The molecule has 4 nitrogen and oxygen atoms in total. The van der Waals surface area contributed by atoms with E-state index >= 15 is 0 Å². The SMILES string of the molecule is Cc1ccc(CNS(=O)(=O)c2c(C)csc2CO)s1. The molecule has 0 atom stereocenters. The topological polar surface area (TPSA) is 66.4 Å². The van der Waals surface area contributed by atoms with Crippen molar-refractivity contribution < 1.29 is 13.5 Å². The van der Waals surface area contributed by atoms with Gasteiger partial charge in [-0.25, -0.2) is 13.1 Å². The highest BCUT2D eigenvalue weighted by molar-refractivity contribution is 7.89. The average molecular weight is 317 g/mol. The van der Waals surface area contributed by atoms with Crippen molar-refractivity contribution in [3.8, 4) is 0 Å². The Balaban J connectivity index is 2.20. The number of thiophene rings is 2. The van der Waals surface area contributed by atoms with Crippen LogP contribution in [0.25, 0.3) is 0 Å². The first kappa shape index (κ1) is 14.7. The van der Waals surface area contributed by atoms with Crippen molar-refractivity contribution in [1.82, 2.24) is 4.72 Å². The number of hydrogen-bond donors (Lipinski definition) is 2. The van der Waals surface area contributed by atoms with Gasteiger partial charge in [-0.1, -0.05) is 0 Å². The van der Waals surface area contributed by atoms with Gasteiger partial charge in [0.15, 0.2) is 0 Å². The highest BCUT2D eigenvalue weighted by Gasteiger charge is 2.22. The maximum absolute atomic E-state index is 12.3. The Kier molecular flexibility index (Phi) is 4.42. The molecule has 0 unspecified atom stereocenters. The quantitative estimate of drug-likeness (QED) is 0.890. The molecule has 2 N–H and O–H groups in total. The zero-order valence-electron chi connectivity index (χ0n) is 10.6. The molecule has 0 aliphatic carbocycles. The van der Waals surface area contributed by atoms with Crippen LogP contribution < -0.4 is 4.72 Å². The van der Waals surface area contributed by atoms with Crippen LogP contribution in [0.3, 0.4) is 0 Å². The summed E-state index contributed by atoms with van der Waals surface area (Å²) >= 11 is 2.83. The Labute approximate surface area is 120 Å². The van der Waals surface area contributed by atoms with Crippen molar-refractivity contribution in [1.29, 1.82) is 0 Å². The fraction of sp³-hybridized carbons (Fsp3) is 0.333. The molecule has 2 aromatic rings. The van der Waals surface area contributed by atoms with Crippen LogP contribution in [0.1, 0.15) is 20.2 Å². The molecule has 0 aromatic carbocycles. The molecule has 0 bridgehead atoms. The standard InChI is InChI=1S/C12H15NO3S3/c1-8-7-17-11(6-14)12(8)19(15,16)13-5-10-4-3-9(2)18-10/h3-4,7,13-14H,5-6H2,1-2H3. The number of aliphatic hydroxyl groups is 1. The fourth-order valence-electron chi connectivity index (χ4n) is 1.78. The van der Waals surface area contributed by atoms with E-state index in [1.54, 1.807) is 23.6 Å². The third kappa shape index (κ3) is 3.24. The fourth-order valence-corrected chi connectivity index (χ4v) is 5.36. The highest BCUT2D eigenvalue weighted by atomic mass is 32.2. The molecule has 0 radical (unpaired) electrons. The average Bonchev–Trinajstić information content (AvgIpc) is 2.93. The first-order valence-electron chi connectivity index (χ1n) is 5.67. The lowest BCUT2D eigenvalue weighted by Gasteiger charge is -2.07. The minimum atomic E-state index is -3.57. The Morgan fingerprint density at radius 2 is 2.05 bits per heavy atom. The Morgan fingerprint density at radius 1 is 1.32 bits per heavy atom. The molecule has 2 aromatic heterocycles. The molecular formula is C12H15NO3S3. The Morgan fingerprint density at radius 3 is 2.63 bits per heavy atom. The molecule has 0 aliphatic heterocycles. The molecule has 0 aliphatic rings. The lowest BCUT2D eigenvalue weighted by Crippen LogP contribution is -2.24. The van der Waals surface area contributed by atoms with E-state index in [9.17, 15) is 13.5 Å². The van der Waals surface area contributed by atoms with Crippen LogP contribution in [0.4, 0.5) is 0 Å². The van der Waals surface area contributed by atoms with E-state index in [0.717, 1.165) is 9.75 Å². The van der Waals surface area contributed by atoms with Gasteiger partial charge in [0.05, 0.1) is 11.5 Å². The maximum Gasteiger partial charge on any atom is 0.242 e. The van der Waals surface area contributed by atoms with Crippen molar-refractivity contribution >= 4 is 32.7 Å². The van der Waals surface area contributed by atoms with Crippen LogP contribution in [-0.2, 0) is 23.2 Å². The van der Waals surface area contributed by atoms with Gasteiger partial charge in [0.1, 0.15) is 4.90 Å². The summed E-state index contributed by atoms with van der Waals surface area (Å²) in [6.07, 6.45) is 0. The van der Waals surface area contributed by atoms with Gasteiger partial charge >= 0.3 is 0 Å². The molecule has 0 amide bonds. The Hall–Kier alpha value is -0.730. The first-order valence-corrected chi connectivity index (χ1v) is 8.85. The largest absolute Gasteiger partial charge is 0.391 e. The normalized spacial score (nSPS) is 11.9. The smallest absolute Gasteiger partial charge is 0.242 e. The first-order chi connectivity index (χ1) is 8.94. The molecule has 2 heterocycles. The molecule has 2 rings (SSSR count). The predicted molar refractivity (Wildman–Crippen MR) is 78.1 cm³/mol. The van der Waals surface area contributed by atoms with Gasteiger partial charge < -0.3 is 5.11 Å². The van der Waals surface area contributed by atoms with E-state index in [2.05, 4.69) is 4.72 Å². The van der Waals surface area contributed by atoms with Gasteiger partial charge in [-0.05, 0) is 36.9 Å². The van der Waals surface area contributed by atoms with Crippen LogP contribution in [0.15, 0.2) is 22.4 Å². The lowest BCUT2D eigenvalue weighted by atomic mass is 10.3. The predicted octanol–water partition coefficient (Wildman–Crippen LogP) is 2.40. The summed E-state index contributed by atoms with van der Waals surface area (Å²) < 4.78 is 27.1. The van der Waals surface area contributed by atoms with Crippen molar-refractivity contribution in [3.05, 3.63) is 37.7 Å². The van der Waals surface area contributed by atoms with Gasteiger partial charge in [0.2, 0.25) is 10.0 Å². The molecule has 104 valence electrons. The molecule has 7 heteroatoms. The zero-order valence-corrected chi connectivity index (χ0v) is 13.1. The lowest BCUT2D eigenvalue weighted by molar-refractivity contribution is 0.282. The maximum atomic E-state index is 12.3. The molecule has 19 heavy (non-hydrogen) atoms. The zero-order chi connectivity index (χ0) is 14.0. The minimum Gasteiger partial charge on any atom is -0.391 e. The second kappa shape index (κ2) is 5.72. The summed E-state index contributed by atoms with van der Waals surface area (Å²) in [5, 5.41) is 10.9. The minimum absolute atomic E-state index is 0.216. The van der Waals surface area contributed by atoms with E-state index in [1.807, 2.05) is 19.1 Å². The highest BCUT2D eigenvalue weighted by Crippen LogP contribution is 2.27. The van der Waals surface area contributed by atoms with Crippen LogP contribution in [0.5, 0.6) is 0 Å². The van der Waals surface area contributed by atoms with Crippen LogP contribution in [0.2, 0.25) is 0 Å². The summed E-state index contributed by atoms with van der Waals surface area (Å²) in [6.45, 7) is 3.74. The molecular weight excluding hydrogens is 302 g/mol. The monoisotopic (exact) mass is 317 g/mol. The van der Waals surface area contributed by atoms with Gasteiger partial charge in [-0.3, -0.25) is 0 Å². The van der Waals surface area contributed by atoms with Crippen LogP contribution in [-0.4, -0.2) is 13.5 Å². The second-order valence-corrected chi connectivity index (χ2v) is 8.21. The summed E-state index contributed by atoms with van der Waals surface area (Å²) in [7, 11) is -3.57. The van der Waals surface area contributed by atoms with E-state index in [4.69, 9.17) is 0 Å². The van der Waals surface area contributed by atoms with Crippen molar-refractivity contribution in [2.45, 2.75) is 31.9 Å². The summed E-state index contributed by atoms with van der Waals surface area (Å²) in [5.41, 5.74) is 0.670. The van der Waals surface area contributed by atoms with E-state index in [1.165, 1.54) is 11.3 Å². The molecule has 0 saturated heterocycles. The third-order valence-corrected chi connectivity index (χ3v) is 6.48. The van der Waals surface area contributed by atoms with Gasteiger partial charge in [0.25, 0.3) is 0 Å². The number of aryl methyl sites for hydroxylation is 2. The van der Waals surface area contributed by atoms with Gasteiger partial charge in [-0.2, -0.15) is 0 Å². The van der Waals surface area contributed by atoms with E-state index in [-0.39, 0.29) is 18.0 Å². The van der Waals surface area contributed by atoms with Gasteiger partial charge in [0, 0.05) is 16.3 Å². The molecule has 0 fully saturated rings. The van der Waals surface area contributed by atoms with Crippen LogP contribution >= 0.6 is 22.7 Å². The summed E-state index contributed by atoms with van der Waals surface area (Å²) in [4.78, 5) is 2.82. The third-order valence-electron chi connectivity index (χ3n) is 2.63. The van der Waals surface area contributed by atoms with Crippen LogP contribution in [0, 0.1) is 13.8 Å². The Bertz CT molecular complexity index is 670. The molecule has 0 spiro atoms. The van der Waals surface area contributed by atoms with Crippen molar-refractivity contribution in [2.24, 2.45) is 0 Å². The van der Waals surface area contributed by atoms with Gasteiger partial charge in [-0.15, -0.1) is 22.7 Å². The number of sulfonamides is 1. The number of nitrogens with one attached hydrogen (secondary N) is 1. The number of aliphatic hydroxyl groups excluding tert-OH is 1. The van der Waals surface area contributed by atoms with Crippen molar-refractivity contribution in [2.75, 3.05) is 0 Å². The van der Waals surface area contributed by atoms with E-state index in [0.29, 0.717) is 10.4 Å². The van der Waals surface area contributed by atoms with Crippen molar-refractivity contribution in [3.63, 3.8) is 0 Å². The van der Waals surface area contributed by atoms with E-state index < -0.39 is 10.0 Å². The number of rotatable bonds is 5. The number of hydrogen-bond acceptors (Lipinski definition) is 5. The summed E-state index contributed by atoms with van der Waals surface area (Å²) in [6, 6.07) is 3.87.